The van der Waals surface area contributed by atoms with Gasteiger partial charge in [-0.3, -0.25) is 0 Å². The van der Waals surface area contributed by atoms with Crippen LogP contribution in [0.1, 0.15) is 10.4 Å². The average molecular weight is 238 g/mol. The molecule has 0 atom stereocenters. The molecule has 0 aliphatic carbocycles. The lowest BCUT2D eigenvalue weighted by Gasteiger charge is -2.01. The molecule has 0 aliphatic heterocycles. The quantitative estimate of drug-likeness (QED) is 0.592. The lowest BCUT2D eigenvalue weighted by molar-refractivity contribution is -0.191. The van der Waals surface area contributed by atoms with Gasteiger partial charge in [0.15, 0.2) is 23.3 Å². The van der Waals surface area contributed by atoms with E-state index in [-0.39, 0.29) is 12.2 Å². The second-order valence-electron chi connectivity index (χ2n) is 2.23. The van der Waals surface area contributed by atoms with E-state index in [0.29, 0.717) is 0 Å². The molecule has 0 bridgehead atoms. The average Bonchev–Trinajstić information content (AvgIpc) is 2.16. The second-order valence-corrected chi connectivity index (χ2v) is 2.23. The zero-order chi connectivity index (χ0) is 12.9. The normalized spacial score (nSPS) is 8.75. The van der Waals surface area contributed by atoms with Crippen LogP contribution in [0, 0.1) is 23.3 Å². The molecule has 0 aliphatic rings. The number of carboxylic acid groups (broad SMARTS) is 1. The van der Waals surface area contributed by atoms with Crippen LogP contribution in [0.2, 0.25) is 0 Å². The van der Waals surface area contributed by atoms with Gasteiger partial charge in [-0.15, -0.1) is 0 Å². The Morgan fingerprint density at radius 1 is 1.06 bits per heavy atom. The highest BCUT2D eigenvalue weighted by Crippen LogP contribution is 2.18. The summed E-state index contributed by atoms with van der Waals surface area (Å²) in [5.74, 6) is -9.36. The Morgan fingerprint density at radius 2 is 1.38 bits per heavy atom. The number of benzene rings is 1. The Morgan fingerprint density at radius 3 is 1.62 bits per heavy atom. The summed E-state index contributed by atoms with van der Waals surface area (Å²) in [5, 5.41) is 8.18. The molecule has 0 saturated heterocycles. The van der Waals surface area contributed by atoms with Crippen LogP contribution in [-0.4, -0.2) is 17.2 Å². The molecule has 0 spiro atoms. The summed E-state index contributed by atoms with van der Waals surface area (Å²) in [7, 11) is 0. The van der Waals surface area contributed by atoms with Crippen molar-refractivity contribution in [2.45, 2.75) is 0 Å². The SMILES string of the molecule is O=C(O)c1c(F)c(F)cc(F)c1F.O=C=O. The van der Waals surface area contributed by atoms with Crippen LogP contribution in [0.5, 0.6) is 0 Å². The van der Waals surface area contributed by atoms with Crippen molar-refractivity contribution in [2.75, 3.05) is 0 Å². The van der Waals surface area contributed by atoms with Gasteiger partial charge in [0.25, 0.3) is 0 Å². The van der Waals surface area contributed by atoms with E-state index < -0.39 is 34.8 Å². The molecule has 86 valence electrons. The van der Waals surface area contributed by atoms with E-state index in [2.05, 4.69) is 0 Å². The molecule has 4 nitrogen and oxygen atoms in total. The fraction of sp³-hybridized carbons (Fsp3) is 0. The first-order valence-electron chi connectivity index (χ1n) is 3.42. The first-order valence-corrected chi connectivity index (χ1v) is 3.42. The Balaban J connectivity index is 0.000000673. The third-order valence-electron chi connectivity index (χ3n) is 1.33. The highest BCUT2D eigenvalue weighted by atomic mass is 19.2. The Bertz CT molecular complexity index is 426. The topological polar surface area (TPSA) is 71.4 Å². The molecule has 0 fully saturated rings. The maximum Gasteiger partial charge on any atom is 0.373 e. The van der Waals surface area contributed by atoms with Crippen LogP contribution in [0.25, 0.3) is 0 Å². The van der Waals surface area contributed by atoms with Gasteiger partial charge in [0.2, 0.25) is 0 Å². The Labute approximate surface area is 85.1 Å². The van der Waals surface area contributed by atoms with Crippen LogP contribution in [0.3, 0.4) is 0 Å². The molecule has 0 radical (unpaired) electrons. The Kier molecular flexibility index (Phi) is 4.84. The van der Waals surface area contributed by atoms with E-state index in [0.717, 1.165) is 0 Å². The number of aromatic carboxylic acids is 1. The minimum absolute atomic E-state index is 0.0584. The van der Waals surface area contributed by atoms with Crippen molar-refractivity contribution >= 4 is 12.1 Å². The molecule has 0 saturated carbocycles. The van der Waals surface area contributed by atoms with Gasteiger partial charge in [0, 0.05) is 6.07 Å². The molecule has 8 heteroatoms. The third-order valence-corrected chi connectivity index (χ3v) is 1.33. The van der Waals surface area contributed by atoms with E-state index in [4.69, 9.17) is 14.7 Å². The number of hydrogen-bond acceptors (Lipinski definition) is 3. The summed E-state index contributed by atoms with van der Waals surface area (Å²) in [6, 6.07) is -0.0584. The van der Waals surface area contributed by atoms with Crippen molar-refractivity contribution in [3.8, 4) is 0 Å². The lowest BCUT2D eigenvalue weighted by atomic mass is 10.2. The smallest absolute Gasteiger partial charge is 0.373 e. The first kappa shape index (κ1) is 13.8. The number of hydrogen-bond donors (Lipinski definition) is 1. The van der Waals surface area contributed by atoms with Crippen molar-refractivity contribution in [1.82, 2.24) is 0 Å². The minimum atomic E-state index is -2.06. The number of carbonyl (C=O) groups is 1. The summed E-state index contributed by atoms with van der Waals surface area (Å²) in [5.41, 5.74) is -1.63. The minimum Gasteiger partial charge on any atom is -0.477 e. The number of rotatable bonds is 1. The van der Waals surface area contributed by atoms with Crippen molar-refractivity contribution in [1.29, 1.82) is 0 Å². The van der Waals surface area contributed by atoms with Gasteiger partial charge in [-0.25, -0.2) is 22.4 Å². The number of halogens is 4. The Hall–Kier alpha value is -2.21. The summed E-state index contributed by atoms with van der Waals surface area (Å²) in [4.78, 5) is 26.4. The fourth-order valence-corrected chi connectivity index (χ4v) is 0.761. The molecular formula is C8H2F4O4. The molecular weight excluding hydrogens is 236 g/mol. The second kappa shape index (κ2) is 5.62. The van der Waals surface area contributed by atoms with E-state index in [1.807, 2.05) is 0 Å². The summed E-state index contributed by atoms with van der Waals surface area (Å²) in [6.07, 6.45) is 0.250. The maximum absolute atomic E-state index is 12.5. The molecule has 0 amide bonds. The van der Waals surface area contributed by atoms with Gasteiger partial charge in [0.1, 0.15) is 5.56 Å². The molecule has 1 rings (SSSR count). The summed E-state index contributed by atoms with van der Waals surface area (Å²) < 4.78 is 49.7. The van der Waals surface area contributed by atoms with Crippen LogP contribution >= 0.6 is 0 Å². The maximum atomic E-state index is 12.5. The highest BCUT2D eigenvalue weighted by molar-refractivity contribution is 5.88. The van der Waals surface area contributed by atoms with Gasteiger partial charge >= 0.3 is 12.1 Å². The molecule has 0 unspecified atom stereocenters. The zero-order valence-corrected chi connectivity index (χ0v) is 7.26. The van der Waals surface area contributed by atoms with Gasteiger partial charge in [-0.1, -0.05) is 0 Å². The van der Waals surface area contributed by atoms with Crippen molar-refractivity contribution in [3.05, 3.63) is 34.9 Å². The van der Waals surface area contributed by atoms with Crippen LogP contribution in [0.4, 0.5) is 17.6 Å². The van der Waals surface area contributed by atoms with Crippen molar-refractivity contribution in [2.24, 2.45) is 0 Å². The number of carbonyl (C=O) groups excluding carboxylic acids is 2. The number of carboxylic acids is 1. The molecule has 1 N–H and O–H groups in total. The predicted octanol–water partition coefficient (Wildman–Crippen LogP) is 1.36. The van der Waals surface area contributed by atoms with Gasteiger partial charge < -0.3 is 5.11 Å². The molecule has 1 aromatic rings. The van der Waals surface area contributed by atoms with E-state index in [1.54, 1.807) is 0 Å². The monoisotopic (exact) mass is 238 g/mol. The summed E-state index contributed by atoms with van der Waals surface area (Å²) >= 11 is 0. The van der Waals surface area contributed by atoms with Crippen molar-refractivity contribution < 1.29 is 37.1 Å². The van der Waals surface area contributed by atoms with Crippen molar-refractivity contribution in [3.63, 3.8) is 0 Å². The van der Waals surface area contributed by atoms with E-state index in [1.165, 1.54) is 0 Å². The molecule has 16 heavy (non-hydrogen) atoms. The van der Waals surface area contributed by atoms with E-state index >= 15 is 0 Å². The lowest BCUT2D eigenvalue weighted by Crippen LogP contribution is -2.08. The molecule has 0 heterocycles. The van der Waals surface area contributed by atoms with Gasteiger partial charge in [0.05, 0.1) is 0 Å². The van der Waals surface area contributed by atoms with E-state index in [9.17, 15) is 22.4 Å². The van der Waals surface area contributed by atoms with Crippen LogP contribution < -0.4 is 0 Å². The largest absolute Gasteiger partial charge is 0.477 e. The molecule has 1 aromatic carbocycles. The third kappa shape index (κ3) is 2.89. The van der Waals surface area contributed by atoms with Crippen LogP contribution in [0.15, 0.2) is 6.07 Å². The van der Waals surface area contributed by atoms with Crippen LogP contribution in [-0.2, 0) is 9.59 Å². The standard InChI is InChI=1S/C7H2F4O2.CO2/c8-2-1-3(9)6(11)4(5(2)10)7(12)13;2-1-3/h1H,(H,12,13);. The predicted molar refractivity (Wildman–Crippen MR) is 38.2 cm³/mol. The first-order chi connectivity index (χ1) is 7.36. The highest BCUT2D eigenvalue weighted by Gasteiger charge is 2.23. The zero-order valence-electron chi connectivity index (χ0n) is 7.26. The fourth-order valence-electron chi connectivity index (χ4n) is 0.761. The van der Waals surface area contributed by atoms with Gasteiger partial charge in [-0.2, -0.15) is 9.59 Å². The summed E-state index contributed by atoms with van der Waals surface area (Å²) in [6.45, 7) is 0. The van der Waals surface area contributed by atoms with Gasteiger partial charge in [-0.05, 0) is 0 Å². The molecule has 0 aromatic heterocycles.